The monoisotopic (exact) mass is 307 g/mol. The Morgan fingerprint density at radius 3 is 2.71 bits per heavy atom. The van der Waals surface area contributed by atoms with Crippen LogP contribution in [-0.4, -0.2) is 0 Å². The molecule has 2 rings (SSSR count). The molecule has 14 heavy (non-hydrogen) atoms. The Morgan fingerprint density at radius 1 is 1.43 bits per heavy atom. The van der Waals surface area contributed by atoms with Crippen LogP contribution in [0.25, 0.3) is 0 Å². The van der Waals surface area contributed by atoms with Gasteiger partial charge in [-0.3, -0.25) is 0 Å². The number of hydrogen-bond acceptors (Lipinski definition) is 3. The van der Waals surface area contributed by atoms with Crippen LogP contribution in [0.2, 0.25) is 4.34 Å². The van der Waals surface area contributed by atoms with Gasteiger partial charge in [0.2, 0.25) is 0 Å². The van der Waals surface area contributed by atoms with Crippen LogP contribution in [0.1, 0.15) is 16.5 Å². The third kappa shape index (κ3) is 2.20. The SMILES string of the molecule is NC(c1csc(Br)c1)c1ccc(Cl)s1. The van der Waals surface area contributed by atoms with E-state index in [1.807, 2.05) is 18.2 Å². The van der Waals surface area contributed by atoms with Gasteiger partial charge in [-0.25, -0.2) is 0 Å². The first kappa shape index (κ1) is 10.6. The number of hydrogen-bond donors (Lipinski definition) is 1. The van der Waals surface area contributed by atoms with E-state index in [1.165, 1.54) is 11.3 Å². The normalized spacial score (nSPS) is 13.1. The van der Waals surface area contributed by atoms with Crippen molar-refractivity contribution < 1.29 is 0 Å². The molecule has 0 aliphatic carbocycles. The molecule has 0 radical (unpaired) electrons. The second-order valence-corrected chi connectivity index (χ2v) is 6.84. The third-order valence-electron chi connectivity index (χ3n) is 1.85. The van der Waals surface area contributed by atoms with Gasteiger partial charge in [0.15, 0.2) is 0 Å². The molecule has 2 heterocycles. The van der Waals surface area contributed by atoms with E-state index in [0.29, 0.717) is 0 Å². The highest BCUT2D eigenvalue weighted by Crippen LogP contribution is 2.32. The first-order valence-corrected chi connectivity index (χ1v) is 6.78. The van der Waals surface area contributed by atoms with Gasteiger partial charge in [0, 0.05) is 4.88 Å². The summed E-state index contributed by atoms with van der Waals surface area (Å²) in [5.41, 5.74) is 7.21. The van der Waals surface area contributed by atoms with Crippen molar-refractivity contribution in [2.75, 3.05) is 0 Å². The minimum Gasteiger partial charge on any atom is -0.320 e. The number of rotatable bonds is 2. The largest absolute Gasteiger partial charge is 0.320 e. The van der Waals surface area contributed by atoms with Gasteiger partial charge in [-0.05, 0) is 45.1 Å². The molecule has 0 aromatic carbocycles. The summed E-state index contributed by atoms with van der Waals surface area (Å²) in [6.07, 6.45) is 0. The van der Waals surface area contributed by atoms with E-state index in [4.69, 9.17) is 17.3 Å². The summed E-state index contributed by atoms with van der Waals surface area (Å²) in [6.45, 7) is 0. The predicted octanol–water partition coefficient (Wildman–Crippen LogP) is 4.27. The molecule has 0 saturated heterocycles. The van der Waals surface area contributed by atoms with Gasteiger partial charge in [-0.1, -0.05) is 11.6 Å². The van der Waals surface area contributed by atoms with Crippen molar-refractivity contribution in [3.8, 4) is 0 Å². The highest BCUT2D eigenvalue weighted by molar-refractivity contribution is 9.11. The van der Waals surface area contributed by atoms with E-state index in [2.05, 4.69) is 21.3 Å². The topological polar surface area (TPSA) is 26.0 Å². The maximum atomic E-state index is 6.08. The van der Waals surface area contributed by atoms with Crippen LogP contribution in [0.15, 0.2) is 27.4 Å². The van der Waals surface area contributed by atoms with Crippen LogP contribution in [0.5, 0.6) is 0 Å². The van der Waals surface area contributed by atoms with E-state index >= 15 is 0 Å². The molecule has 0 saturated carbocycles. The predicted molar refractivity (Wildman–Crippen MR) is 67.4 cm³/mol. The Hall–Kier alpha value is 0.130. The van der Waals surface area contributed by atoms with Crippen molar-refractivity contribution in [1.82, 2.24) is 0 Å². The average Bonchev–Trinajstić information content (AvgIpc) is 2.73. The van der Waals surface area contributed by atoms with E-state index in [1.54, 1.807) is 11.3 Å². The summed E-state index contributed by atoms with van der Waals surface area (Å²) in [7, 11) is 0. The van der Waals surface area contributed by atoms with Crippen LogP contribution in [0.3, 0.4) is 0 Å². The standard InChI is InChI=1S/C9H7BrClNS2/c10-7-3-5(4-13-7)9(12)6-1-2-8(11)14-6/h1-4,9H,12H2. The van der Waals surface area contributed by atoms with Crippen LogP contribution in [0.4, 0.5) is 0 Å². The molecular formula is C9H7BrClNS2. The molecule has 0 amide bonds. The molecule has 0 aliphatic heterocycles. The molecule has 2 aromatic heterocycles. The summed E-state index contributed by atoms with van der Waals surface area (Å²) in [4.78, 5) is 1.10. The van der Waals surface area contributed by atoms with E-state index in [-0.39, 0.29) is 6.04 Å². The molecule has 74 valence electrons. The molecule has 0 aliphatic rings. The molecule has 1 atom stereocenters. The van der Waals surface area contributed by atoms with E-state index < -0.39 is 0 Å². The van der Waals surface area contributed by atoms with Crippen molar-refractivity contribution >= 4 is 50.2 Å². The van der Waals surface area contributed by atoms with Crippen molar-refractivity contribution in [3.63, 3.8) is 0 Å². The Bertz CT molecular complexity index is 397. The molecule has 2 aromatic rings. The summed E-state index contributed by atoms with van der Waals surface area (Å²) in [5, 5.41) is 2.06. The molecule has 0 fully saturated rings. The zero-order valence-electron chi connectivity index (χ0n) is 7.04. The molecule has 1 nitrogen and oxygen atoms in total. The van der Waals surface area contributed by atoms with Gasteiger partial charge in [-0.15, -0.1) is 22.7 Å². The Morgan fingerprint density at radius 2 is 2.21 bits per heavy atom. The van der Waals surface area contributed by atoms with Gasteiger partial charge in [0.1, 0.15) is 0 Å². The second-order valence-electron chi connectivity index (χ2n) is 2.80. The van der Waals surface area contributed by atoms with E-state index in [9.17, 15) is 0 Å². The van der Waals surface area contributed by atoms with Crippen LogP contribution < -0.4 is 5.73 Å². The van der Waals surface area contributed by atoms with Crippen molar-refractivity contribution in [2.45, 2.75) is 6.04 Å². The van der Waals surface area contributed by atoms with Crippen molar-refractivity contribution in [1.29, 1.82) is 0 Å². The highest BCUT2D eigenvalue weighted by Gasteiger charge is 2.12. The lowest BCUT2D eigenvalue weighted by atomic mass is 10.1. The lowest BCUT2D eigenvalue weighted by Crippen LogP contribution is -2.08. The van der Waals surface area contributed by atoms with Gasteiger partial charge >= 0.3 is 0 Å². The molecule has 5 heteroatoms. The fourth-order valence-corrected chi connectivity index (χ4v) is 3.45. The highest BCUT2D eigenvalue weighted by atomic mass is 79.9. The van der Waals surface area contributed by atoms with Gasteiger partial charge < -0.3 is 5.73 Å². The Kier molecular flexibility index (Phi) is 3.29. The lowest BCUT2D eigenvalue weighted by Gasteiger charge is -2.05. The second kappa shape index (κ2) is 4.33. The minimum atomic E-state index is -0.0601. The van der Waals surface area contributed by atoms with Gasteiger partial charge in [0.25, 0.3) is 0 Å². The van der Waals surface area contributed by atoms with Crippen LogP contribution >= 0.6 is 50.2 Å². The molecule has 0 spiro atoms. The molecular weight excluding hydrogens is 302 g/mol. The number of thiophene rings is 2. The first-order chi connectivity index (χ1) is 6.66. The fourth-order valence-electron chi connectivity index (χ4n) is 1.15. The Labute approximate surface area is 104 Å². The smallest absolute Gasteiger partial charge is 0.0931 e. The quantitative estimate of drug-likeness (QED) is 0.880. The average molecular weight is 309 g/mol. The first-order valence-electron chi connectivity index (χ1n) is 3.91. The Balaban J connectivity index is 2.28. The molecule has 1 unspecified atom stereocenters. The lowest BCUT2D eigenvalue weighted by molar-refractivity contribution is 0.899. The number of nitrogens with two attached hydrogens (primary N) is 1. The summed E-state index contributed by atoms with van der Waals surface area (Å²) in [6, 6.07) is 5.84. The number of halogens is 2. The van der Waals surface area contributed by atoms with Crippen molar-refractivity contribution in [3.05, 3.63) is 42.1 Å². The van der Waals surface area contributed by atoms with Crippen LogP contribution in [-0.2, 0) is 0 Å². The van der Waals surface area contributed by atoms with Crippen molar-refractivity contribution in [2.24, 2.45) is 5.73 Å². The van der Waals surface area contributed by atoms with Gasteiger partial charge in [0.05, 0.1) is 14.2 Å². The summed E-state index contributed by atoms with van der Waals surface area (Å²) >= 11 is 12.4. The molecule has 2 N–H and O–H groups in total. The zero-order valence-corrected chi connectivity index (χ0v) is 11.0. The van der Waals surface area contributed by atoms with E-state index in [0.717, 1.165) is 18.6 Å². The fraction of sp³-hybridized carbons (Fsp3) is 0.111. The maximum absolute atomic E-state index is 6.08. The van der Waals surface area contributed by atoms with Gasteiger partial charge in [-0.2, -0.15) is 0 Å². The third-order valence-corrected chi connectivity index (χ3v) is 4.68. The zero-order chi connectivity index (χ0) is 10.1. The maximum Gasteiger partial charge on any atom is 0.0931 e. The summed E-state index contributed by atoms with van der Waals surface area (Å²) < 4.78 is 1.88. The molecule has 0 bridgehead atoms. The van der Waals surface area contributed by atoms with Crippen LogP contribution in [0, 0.1) is 0 Å². The minimum absolute atomic E-state index is 0.0601. The summed E-state index contributed by atoms with van der Waals surface area (Å²) in [5.74, 6) is 0.